The minimum Gasteiger partial charge on any atom is -0.493 e. The Morgan fingerprint density at radius 3 is 2.48 bits per heavy atom. The summed E-state index contributed by atoms with van der Waals surface area (Å²) in [5.74, 6) is -0.753. The molecule has 4 rings (SSSR count). The summed E-state index contributed by atoms with van der Waals surface area (Å²) in [5, 5.41) is 4.72. The molecule has 2 aromatic heterocycles. The van der Waals surface area contributed by atoms with E-state index in [-0.39, 0.29) is 17.1 Å². The van der Waals surface area contributed by atoms with Crippen molar-refractivity contribution >= 4 is 39.1 Å². The Hall–Kier alpha value is -3.85. The van der Waals surface area contributed by atoms with E-state index in [1.54, 1.807) is 18.2 Å². The maximum absolute atomic E-state index is 13.7. The fourth-order valence-electron chi connectivity index (χ4n) is 3.60. The van der Waals surface area contributed by atoms with E-state index >= 15 is 0 Å². The second kappa shape index (κ2) is 9.33. The van der Waals surface area contributed by atoms with Gasteiger partial charge in [0.25, 0.3) is 5.91 Å². The Bertz CT molecular complexity index is 1340. The van der Waals surface area contributed by atoms with Gasteiger partial charge in [-0.3, -0.25) is 4.79 Å². The molecule has 7 nitrogen and oxygen atoms in total. The van der Waals surface area contributed by atoms with Gasteiger partial charge in [0.2, 0.25) is 0 Å². The topological polar surface area (TPSA) is 78.8 Å². The molecule has 0 saturated heterocycles. The van der Waals surface area contributed by atoms with Gasteiger partial charge in [0.15, 0.2) is 11.5 Å². The first-order valence-electron chi connectivity index (χ1n) is 9.92. The molecular weight excluding hydrogens is 447 g/mol. The fourth-order valence-corrected chi connectivity index (χ4v) is 4.42. The number of nitrogens with one attached hydrogen (secondary N) is 1. The number of methoxy groups -OCH3 is 3. The van der Waals surface area contributed by atoms with E-state index in [0.717, 1.165) is 10.2 Å². The first-order chi connectivity index (χ1) is 15.9. The summed E-state index contributed by atoms with van der Waals surface area (Å²) < 4.78 is 31.9. The van der Waals surface area contributed by atoms with E-state index in [4.69, 9.17) is 14.2 Å². The molecule has 0 aliphatic heterocycles. The van der Waals surface area contributed by atoms with Gasteiger partial charge >= 0.3 is 5.97 Å². The van der Waals surface area contributed by atoms with Crippen LogP contribution in [0.4, 0.5) is 10.1 Å². The number of benzene rings is 2. The number of anilines is 1. The summed E-state index contributed by atoms with van der Waals surface area (Å²) in [4.78, 5) is 25.7. The molecule has 1 N–H and O–H groups in total. The lowest BCUT2D eigenvalue weighted by Gasteiger charge is -2.15. The summed E-state index contributed by atoms with van der Waals surface area (Å²) in [6.45, 7) is 0.302. The molecule has 33 heavy (non-hydrogen) atoms. The van der Waals surface area contributed by atoms with Crippen molar-refractivity contribution in [3.63, 3.8) is 0 Å². The van der Waals surface area contributed by atoms with Crippen LogP contribution in [0.3, 0.4) is 0 Å². The molecule has 0 bridgehead atoms. The molecule has 9 heteroatoms. The molecule has 0 atom stereocenters. The molecule has 0 fully saturated rings. The molecule has 2 aromatic carbocycles. The predicted octanol–water partition coefficient (Wildman–Crippen LogP) is 4.95. The Morgan fingerprint density at radius 2 is 1.79 bits per heavy atom. The number of hydrogen-bond acceptors (Lipinski definition) is 6. The van der Waals surface area contributed by atoms with Crippen LogP contribution in [0.2, 0.25) is 0 Å². The Labute approximate surface area is 193 Å². The first-order valence-corrected chi connectivity index (χ1v) is 10.8. The molecule has 0 spiro atoms. The van der Waals surface area contributed by atoms with Gasteiger partial charge in [0.1, 0.15) is 11.5 Å². The molecule has 0 aliphatic carbocycles. The standard InChI is InChI=1S/C24H21FN2O5S/c1-30-20-10-16(24(29)32-3)17(11-21(20)31-2)26-23(28)19-12-22-18(7-8-33-22)27(19)13-14-5-4-6-15(25)9-14/h4-12H,13H2,1-3H3,(H,26,28). The van der Waals surface area contributed by atoms with Crippen LogP contribution >= 0.6 is 11.3 Å². The maximum Gasteiger partial charge on any atom is 0.340 e. The number of hydrogen-bond donors (Lipinski definition) is 1. The van der Waals surface area contributed by atoms with Gasteiger partial charge in [-0.1, -0.05) is 12.1 Å². The summed E-state index contributed by atoms with van der Waals surface area (Å²) in [6.07, 6.45) is 0. The highest BCUT2D eigenvalue weighted by Gasteiger charge is 2.22. The number of nitrogens with zero attached hydrogens (tertiary/aromatic N) is 1. The molecular formula is C24H21FN2O5S. The van der Waals surface area contributed by atoms with Crippen LogP contribution < -0.4 is 14.8 Å². The first kappa shape index (κ1) is 22.3. The third kappa shape index (κ3) is 4.40. The van der Waals surface area contributed by atoms with E-state index in [9.17, 15) is 14.0 Å². The van der Waals surface area contributed by atoms with Crippen molar-refractivity contribution in [1.29, 1.82) is 0 Å². The van der Waals surface area contributed by atoms with Gasteiger partial charge in [-0.15, -0.1) is 11.3 Å². The zero-order valence-electron chi connectivity index (χ0n) is 18.2. The average molecular weight is 469 g/mol. The van der Waals surface area contributed by atoms with E-state index in [2.05, 4.69) is 5.32 Å². The predicted molar refractivity (Wildman–Crippen MR) is 124 cm³/mol. The number of aromatic nitrogens is 1. The number of carbonyl (C=O) groups excluding carboxylic acids is 2. The van der Waals surface area contributed by atoms with E-state index in [1.165, 1.54) is 56.9 Å². The van der Waals surface area contributed by atoms with Crippen LogP contribution in [-0.2, 0) is 11.3 Å². The van der Waals surface area contributed by atoms with Crippen molar-refractivity contribution in [3.8, 4) is 11.5 Å². The van der Waals surface area contributed by atoms with Gasteiger partial charge in [0.05, 0.1) is 42.8 Å². The van der Waals surface area contributed by atoms with Crippen LogP contribution in [-0.4, -0.2) is 37.8 Å². The third-order valence-corrected chi connectivity index (χ3v) is 6.02. The zero-order valence-corrected chi connectivity index (χ0v) is 19.0. The Balaban J connectivity index is 1.74. The van der Waals surface area contributed by atoms with Crippen LogP contribution in [0.25, 0.3) is 10.2 Å². The highest BCUT2D eigenvalue weighted by molar-refractivity contribution is 7.17. The second-order valence-corrected chi connectivity index (χ2v) is 8.06. The van der Waals surface area contributed by atoms with Gasteiger partial charge in [0, 0.05) is 18.7 Å². The maximum atomic E-state index is 13.7. The molecule has 0 unspecified atom stereocenters. The summed E-state index contributed by atoms with van der Waals surface area (Å²) >= 11 is 1.50. The fraction of sp³-hybridized carbons (Fsp3) is 0.167. The van der Waals surface area contributed by atoms with Gasteiger partial charge in [-0.05, 0) is 35.2 Å². The van der Waals surface area contributed by atoms with E-state index < -0.39 is 11.9 Å². The number of carbonyl (C=O) groups is 2. The normalized spacial score (nSPS) is 10.8. The highest BCUT2D eigenvalue weighted by atomic mass is 32.1. The van der Waals surface area contributed by atoms with Crippen LogP contribution in [0.5, 0.6) is 11.5 Å². The summed E-state index contributed by atoms with van der Waals surface area (Å²) in [7, 11) is 4.16. The van der Waals surface area contributed by atoms with Gasteiger partial charge < -0.3 is 24.1 Å². The minimum absolute atomic E-state index is 0.119. The number of thiophene rings is 1. The lowest BCUT2D eigenvalue weighted by atomic mass is 10.1. The van der Waals surface area contributed by atoms with Gasteiger partial charge in [-0.2, -0.15) is 0 Å². The van der Waals surface area contributed by atoms with E-state index in [1.807, 2.05) is 16.0 Å². The Kier molecular flexibility index (Phi) is 6.32. The molecule has 2 heterocycles. The summed E-state index contributed by atoms with van der Waals surface area (Å²) in [5.41, 5.74) is 2.27. The lowest BCUT2D eigenvalue weighted by molar-refractivity contribution is 0.0601. The average Bonchev–Trinajstić information content (AvgIpc) is 3.41. The zero-order chi connectivity index (χ0) is 23.5. The van der Waals surface area contributed by atoms with Crippen LogP contribution in [0.15, 0.2) is 53.9 Å². The minimum atomic E-state index is -0.637. The van der Waals surface area contributed by atoms with Gasteiger partial charge in [-0.25, -0.2) is 9.18 Å². The monoisotopic (exact) mass is 468 g/mol. The van der Waals surface area contributed by atoms with Crippen molar-refractivity contribution in [3.05, 3.63) is 76.5 Å². The lowest BCUT2D eigenvalue weighted by Crippen LogP contribution is -2.19. The third-order valence-electron chi connectivity index (χ3n) is 5.16. The largest absolute Gasteiger partial charge is 0.493 e. The number of fused-ring (bicyclic) bond motifs is 1. The smallest absolute Gasteiger partial charge is 0.340 e. The molecule has 170 valence electrons. The number of amides is 1. The highest BCUT2D eigenvalue weighted by Crippen LogP contribution is 2.34. The Morgan fingerprint density at radius 1 is 1.03 bits per heavy atom. The van der Waals surface area contributed by atoms with Crippen LogP contribution in [0, 0.1) is 5.82 Å². The van der Waals surface area contributed by atoms with Crippen LogP contribution in [0.1, 0.15) is 26.4 Å². The number of ether oxygens (including phenoxy) is 3. The van der Waals surface area contributed by atoms with Crippen molar-refractivity contribution < 1.29 is 28.2 Å². The molecule has 0 aliphatic rings. The molecule has 0 radical (unpaired) electrons. The second-order valence-electron chi connectivity index (χ2n) is 7.11. The molecule has 0 saturated carbocycles. The SMILES string of the molecule is COC(=O)c1cc(OC)c(OC)cc1NC(=O)c1cc2sccc2n1Cc1cccc(F)c1. The quantitative estimate of drug-likeness (QED) is 0.389. The molecule has 1 amide bonds. The number of halogens is 1. The van der Waals surface area contributed by atoms with Crippen molar-refractivity contribution in [1.82, 2.24) is 4.57 Å². The molecule has 4 aromatic rings. The van der Waals surface area contributed by atoms with Crippen molar-refractivity contribution in [2.24, 2.45) is 0 Å². The van der Waals surface area contributed by atoms with Crippen molar-refractivity contribution in [2.75, 3.05) is 26.6 Å². The number of rotatable bonds is 7. The van der Waals surface area contributed by atoms with E-state index in [0.29, 0.717) is 29.3 Å². The summed E-state index contributed by atoms with van der Waals surface area (Å²) in [6, 6.07) is 12.9. The number of esters is 1. The van der Waals surface area contributed by atoms with Crippen molar-refractivity contribution in [2.45, 2.75) is 6.54 Å².